The minimum atomic E-state index is -0.591. The number of benzene rings is 2. The normalized spacial score (nSPS) is 14.7. The first kappa shape index (κ1) is 27.2. The number of piperazine rings is 1. The van der Waals surface area contributed by atoms with Crippen LogP contribution in [0.5, 0.6) is 11.5 Å². The summed E-state index contributed by atoms with van der Waals surface area (Å²) in [5.41, 5.74) is 7.65. The number of halogens is 1. The van der Waals surface area contributed by atoms with Crippen LogP contribution in [0.15, 0.2) is 60.7 Å². The minimum absolute atomic E-state index is 0.202. The van der Waals surface area contributed by atoms with Crippen molar-refractivity contribution < 1.29 is 23.5 Å². The van der Waals surface area contributed by atoms with Crippen LogP contribution in [0.1, 0.15) is 36.8 Å². The Labute approximate surface area is 222 Å². The summed E-state index contributed by atoms with van der Waals surface area (Å²) in [6, 6.07) is 16.8. The standard InChI is InChI=1S/C29H33FN4O4/c1-29(2,3)38-27(35)19-34-14-12-33(13-15-34)18-20-16-25(32-26(17-20)28(31)36)21-4-8-23(9-5-21)37-24-10-6-22(30)7-11-24/h4-11,16-17H,12-15,18-19H2,1-3H3,(H2,31,36). The molecule has 0 radical (unpaired) electrons. The predicted molar refractivity (Wildman–Crippen MR) is 142 cm³/mol. The summed E-state index contributed by atoms with van der Waals surface area (Å²) in [4.78, 5) is 33.0. The molecule has 1 amide bonds. The number of esters is 1. The van der Waals surface area contributed by atoms with Crippen molar-refractivity contribution in [2.45, 2.75) is 32.9 Å². The molecule has 38 heavy (non-hydrogen) atoms. The maximum absolute atomic E-state index is 13.1. The van der Waals surface area contributed by atoms with Gasteiger partial charge in [0.25, 0.3) is 5.91 Å². The van der Waals surface area contributed by atoms with Gasteiger partial charge in [0, 0.05) is 38.3 Å². The van der Waals surface area contributed by atoms with E-state index in [-0.39, 0.29) is 24.0 Å². The number of nitrogens with zero attached hydrogens (tertiary/aromatic N) is 3. The second-order valence-electron chi connectivity index (χ2n) is 10.3. The van der Waals surface area contributed by atoms with Crippen LogP contribution in [-0.2, 0) is 16.1 Å². The van der Waals surface area contributed by atoms with E-state index in [4.69, 9.17) is 15.2 Å². The molecule has 4 rings (SSSR count). The van der Waals surface area contributed by atoms with Crippen LogP contribution >= 0.6 is 0 Å². The number of aromatic nitrogens is 1. The van der Waals surface area contributed by atoms with Crippen LogP contribution in [0.2, 0.25) is 0 Å². The molecule has 9 heteroatoms. The lowest BCUT2D eigenvalue weighted by molar-refractivity contribution is -0.156. The third-order valence-corrected chi connectivity index (χ3v) is 5.98. The van der Waals surface area contributed by atoms with Crippen molar-refractivity contribution in [3.05, 3.63) is 77.7 Å². The van der Waals surface area contributed by atoms with E-state index >= 15 is 0 Å². The van der Waals surface area contributed by atoms with E-state index in [2.05, 4.69) is 14.8 Å². The molecule has 0 bridgehead atoms. The molecular formula is C29H33FN4O4. The first-order chi connectivity index (χ1) is 18.0. The molecule has 2 aromatic carbocycles. The smallest absolute Gasteiger partial charge is 0.320 e. The second kappa shape index (κ2) is 11.7. The Morgan fingerprint density at radius 1 is 0.921 bits per heavy atom. The van der Waals surface area contributed by atoms with Gasteiger partial charge in [0.05, 0.1) is 12.2 Å². The number of hydrogen-bond acceptors (Lipinski definition) is 7. The average molecular weight is 521 g/mol. The number of hydrogen-bond donors (Lipinski definition) is 1. The van der Waals surface area contributed by atoms with E-state index in [1.54, 1.807) is 30.3 Å². The Hall–Kier alpha value is -3.82. The van der Waals surface area contributed by atoms with Gasteiger partial charge in [-0.05, 0) is 87.0 Å². The third kappa shape index (κ3) is 7.84. The van der Waals surface area contributed by atoms with Crippen LogP contribution in [0.3, 0.4) is 0 Å². The highest BCUT2D eigenvalue weighted by molar-refractivity contribution is 5.91. The first-order valence-corrected chi connectivity index (χ1v) is 12.6. The lowest BCUT2D eigenvalue weighted by atomic mass is 10.1. The Morgan fingerprint density at radius 2 is 1.50 bits per heavy atom. The average Bonchev–Trinajstić information content (AvgIpc) is 2.86. The number of carbonyl (C=O) groups excluding carboxylic acids is 2. The largest absolute Gasteiger partial charge is 0.459 e. The molecule has 2 heterocycles. The van der Waals surface area contributed by atoms with Crippen molar-refractivity contribution in [1.82, 2.24) is 14.8 Å². The van der Waals surface area contributed by atoms with E-state index < -0.39 is 11.5 Å². The zero-order valence-electron chi connectivity index (χ0n) is 21.9. The third-order valence-electron chi connectivity index (χ3n) is 5.98. The van der Waals surface area contributed by atoms with Gasteiger partial charge in [-0.2, -0.15) is 0 Å². The van der Waals surface area contributed by atoms with Crippen molar-refractivity contribution in [3.63, 3.8) is 0 Å². The number of rotatable bonds is 8. The zero-order chi connectivity index (χ0) is 27.3. The molecule has 1 aliphatic heterocycles. The molecule has 3 aromatic rings. The molecule has 0 atom stereocenters. The van der Waals surface area contributed by atoms with Crippen LogP contribution < -0.4 is 10.5 Å². The molecule has 2 N–H and O–H groups in total. The monoisotopic (exact) mass is 520 g/mol. The summed E-state index contributed by atoms with van der Waals surface area (Å²) in [5.74, 6) is -0.0135. The Kier molecular flexibility index (Phi) is 8.38. The van der Waals surface area contributed by atoms with E-state index in [1.807, 2.05) is 39.0 Å². The molecule has 0 spiro atoms. The molecule has 1 aromatic heterocycles. The van der Waals surface area contributed by atoms with Crippen molar-refractivity contribution in [1.29, 1.82) is 0 Å². The van der Waals surface area contributed by atoms with Gasteiger partial charge >= 0.3 is 5.97 Å². The molecule has 0 unspecified atom stereocenters. The molecule has 0 saturated carbocycles. The second-order valence-corrected chi connectivity index (χ2v) is 10.3. The molecule has 1 aliphatic rings. The molecule has 1 fully saturated rings. The molecular weight excluding hydrogens is 487 g/mol. The van der Waals surface area contributed by atoms with Gasteiger partial charge in [0.15, 0.2) is 0 Å². The van der Waals surface area contributed by atoms with Crippen LogP contribution in [0.4, 0.5) is 4.39 Å². The van der Waals surface area contributed by atoms with Crippen LogP contribution in [0.25, 0.3) is 11.3 Å². The Bertz CT molecular complexity index is 1270. The molecule has 8 nitrogen and oxygen atoms in total. The fraction of sp³-hybridized carbons (Fsp3) is 0.345. The van der Waals surface area contributed by atoms with E-state index in [0.717, 1.165) is 37.3 Å². The predicted octanol–water partition coefficient (Wildman–Crippen LogP) is 4.24. The topological polar surface area (TPSA) is 98.0 Å². The zero-order valence-corrected chi connectivity index (χ0v) is 21.9. The van der Waals surface area contributed by atoms with Gasteiger partial charge in [0.1, 0.15) is 28.6 Å². The van der Waals surface area contributed by atoms with Gasteiger partial charge < -0.3 is 15.2 Å². The van der Waals surface area contributed by atoms with E-state index in [9.17, 15) is 14.0 Å². The maximum Gasteiger partial charge on any atom is 0.320 e. The quantitative estimate of drug-likeness (QED) is 0.444. The van der Waals surface area contributed by atoms with E-state index in [0.29, 0.717) is 23.7 Å². The number of primary amides is 1. The van der Waals surface area contributed by atoms with Crippen molar-refractivity contribution in [3.8, 4) is 22.8 Å². The summed E-state index contributed by atoms with van der Waals surface area (Å²) >= 11 is 0. The Morgan fingerprint density at radius 3 is 2.08 bits per heavy atom. The van der Waals surface area contributed by atoms with Gasteiger partial charge in [-0.25, -0.2) is 9.37 Å². The number of nitrogens with two attached hydrogens (primary N) is 1. The molecule has 1 saturated heterocycles. The molecule has 0 aliphatic carbocycles. The van der Waals surface area contributed by atoms with E-state index in [1.165, 1.54) is 12.1 Å². The lowest BCUT2D eigenvalue weighted by Crippen LogP contribution is -2.48. The van der Waals surface area contributed by atoms with Crippen LogP contribution in [0, 0.1) is 5.82 Å². The lowest BCUT2D eigenvalue weighted by Gasteiger charge is -2.34. The summed E-state index contributed by atoms with van der Waals surface area (Å²) in [6.45, 7) is 9.54. The van der Waals surface area contributed by atoms with Gasteiger partial charge in [-0.15, -0.1) is 0 Å². The summed E-state index contributed by atoms with van der Waals surface area (Å²) < 4.78 is 24.3. The summed E-state index contributed by atoms with van der Waals surface area (Å²) in [6.07, 6.45) is 0. The SMILES string of the molecule is CC(C)(C)OC(=O)CN1CCN(Cc2cc(C(N)=O)nc(-c3ccc(Oc4ccc(F)cc4)cc3)c2)CC1. The number of ether oxygens (including phenoxy) is 2. The Balaban J connectivity index is 1.40. The number of pyridine rings is 1. The maximum atomic E-state index is 13.1. The van der Waals surface area contributed by atoms with Crippen molar-refractivity contribution in [2.75, 3.05) is 32.7 Å². The van der Waals surface area contributed by atoms with Crippen molar-refractivity contribution in [2.24, 2.45) is 5.73 Å². The summed E-state index contributed by atoms with van der Waals surface area (Å²) in [5, 5.41) is 0. The summed E-state index contributed by atoms with van der Waals surface area (Å²) in [7, 11) is 0. The van der Waals surface area contributed by atoms with Gasteiger partial charge in [0.2, 0.25) is 0 Å². The molecule has 200 valence electrons. The minimum Gasteiger partial charge on any atom is -0.459 e. The van der Waals surface area contributed by atoms with Crippen molar-refractivity contribution >= 4 is 11.9 Å². The number of carbonyl (C=O) groups is 2. The fourth-order valence-corrected chi connectivity index (χ4v) is 4.21. The highest BCUT2D eigenvalue weighted by Crippen LogP contribution is 2.26. The van der Waals surface area contributed by atoms with Crippen LogP contribution in [-0.4, -0.2) is 65.0 Å². The van der Waals surface area contributed by atoms with Gasteiger partial charge in [-0.3, -0.25) is 19.4 Å². The number of amides is 1. The highest BCUT2D eigenvalue weighted by atomic mass is 19.1. The first-order valence-electron chi connectivity index (χ1n) is 12.6. The highest BCUT2D eigenvalue weighted by Gasteiger charge is 2.23. The fourth-order valence-electron chi connectivity index (χ4n) is 4.21. The van der Waals surface area contributed by atoms with Gasteiger partial charge in [-0.1, -0.05) is 0 Å².